The second-order valence-corrected chi connectivity index (χ2v) is 14.7. The van der Waals surface area contributed by atoms with Gasteiger partial charge in [-0.1, -0.05) is 20.4 Å². The highest BCUT2D eigenvalue weighted by atomic mass is 16.5. The molecule has 2 saturated heterocycles. The molecule has 0 spiro atoms. The summed E-state index contributed by atoms with van der Waals surface area (Å²) in [6.45, 7) is 16.7. The minimum Gasteiger partial charge on any atom is -0.456 e. The van der Waals surface area contributed by atoms with Gasteiger partial charge in [0.05, 0.1) is 25.7 Å². The highest BCUT2D eigenvalue weighted by Gasteiger charge is 2.67. The number of quaternary nitrogens is 1. The maximum atomic E-state index is 12.5. The molecule has 208 valence electrons. The zero-order valence-electron chi connectivity index (χ0n) is 23.9. The quantitative estimate of drug-likeness (QED) is 0.313. The Morgan fingerprint density at radius 2 is 1.78 bits per heavy atom. The van der Waals surface area contributed by atoms with Gasteiger partial charge in [-0.05, 0) is 99.6 Å². The molecular weight excluding hydrogens is 460 g/mol. The van der Waals surface area contributed by atoms with E-state index in [4.69, 9.17) is 4.74 Å². The number of esters is 1. The van der Waals surface area contributed by atoms with Gasteiger partial charge in [0.15, 0.2) is 6.10 Å². The maximum Gasteiger partial charge on any atom is 0.303 e. The number of carbonyl (C=O) groups is 1. The molecule has 0 aromatic rings. The van der Waals surface area contributed by atoms with Gasteiger partial charge in [-0.3, -0.25) is 9.69 Å². The number of fused-ring (bicyclic) bond motifs is 5. The van der Waals surface area contributed by atoms with Crippen molar-refractivity contribution in [2.75, 3.05) is 32.7 Å². The fourth-order valence-electron chi connectivity index (χ4n) is 11.5. The Morgan fingerprint density at radius 1 is 1.05 bits per heavy atom. The second-order valence-electron chi connectivity index (χ2n) is 14.7. The summed E-state index contributed by atoms with van der Waals surface area (Å²) in [5, 5.41) is 11.2. The lowest BCUT2D eigenvalue weighted by molar-refractivity contribution is -0.937. The normalized spacial score (nSPS) is 49.2. The maximum absolute atomic E-state index is 12.5. The first-order chi connectivity index (χ1) is 17.7. The molecule has 1 N–H and O–H groups in total. The average molecular weight is 514 g/mol. The molecule has 6 rings (SSSR count). The van der Waals surface area contributed by atoms with Crippen LogP contribution in [0.25, 0.3) is 0 Å². The molecule has 0 bridgehead atoms. The first-order valence-electron chi connectivity index (χ1n) is 15.8. The monoisotopic (exact) mass is 513 g/mol. The van der Waals surface area contributed by atoms with Crippen molar-refractivity contribution in [1.82, 2.24) is 4.90 Å². The van der Waals surface area contributed by atoms with Crippen LogP contribution in [0.4, 0.5) is 0 Å². The van der Waals surface area contributed by atoms with Gasteiger partial charge in [-0.15, -0.1) is 0 Å². The summed E-state index contributed by atoms with van der Waals surface area (Å²) in [6.07, 6.45) is 15.6. The summed E-state index contributed by atoms with van der Waals surface area (Å²) in [6, 6.07) is 0.765. The smallest absolute Gasteiger partial charge is 0.303 e. The Hall–Kier alpha value is -0.910. The van der Waals surface area contributed by atoms with E-state index < -0.39 is 0 Å². The summed E-state index contributed by atoms with van der Waals surface area (Å²) in [5.41, 5.74) is 0.408. The lowest BCUT2D eigenvalue weighted by atomic mass is 9.44. The fraction of sp³-hybridized carbons (Fsp3) is 0.906. The predicted octanol–water partition coefficient (Wildman–Crippen LogP) is 5.17. The minimum absolute atomic E-state index is 0.0325. The van der Waals surface area contributed by atoms with Gasteiger partial charge in [-0.25, -0.2) is 0 Å². The molecule has 2 aliphatic heterocycles. The van der Waals surface area contributed by atoms with Gasteiger partial charge in [0.1, 0.15) is 6.04 Å². The number of likely N-dealkylation sites (tertiary alicyclic amines) is 2. The molecule has 4 saturated carbocycles. The zero-order valence-corrected chi connectivity index (χ0v) is 23.9. The molecular formula is C32H53N2O3+. The second kappa shape index (κ2) is 9.63. The number of carbonyl (C=O) groups excluding carboxylic acids is 1. The molecule has 37 heavy (non-hydrogen) atoms. The molecule has 6 aliphatic rings. The van der Waals surface area contributed by atoms with Crippen LogP contribution in [-0.2, 0) is 9.53 Å². The summed E-state index contributed by atoms with van der Waals surface area (Å²) in [5.74, 6) is 2.66. The largest absolute Gasteiger partial charge is 0.456 e. The predicted molar refractivity (Wildman–Crippen MR) is 147 cm³/mol. The summed E-state index contributed by atoms with van der Waals surface area (Å²) >= 11 is 0. The molecule has 10 atom stereocenters. The lowest BCUT2D eigenvalue weighted by Gasteiger charge is -2.62. The van der Waals surface area contributed by atoms with E-state index >= 15 is 0 Å². The number of aliphatic hydroxyl groups is 1. The van der Waals surface area contributed by atoms with Gasteiger partial charge in [0, 0.05) is 37.6 Å². The molecule has 0 aromatic heterocycles. The van der Waals surface area contributed by atoms with Crippen LogP contribution in [-0.4, -0.2) is 77.5 Å². The van der Waals surface area contributed by atoms with Crippen LogP contribution >= 0.6 is 0 Å². The topological polar surface area (TPSA) is 49.8 Å². The van der Waals surface area contributed by atoms with Crippen molar-refractivity contribution in [2.24, 2.45) is 34.5 Å². The Kier molecular flexibility index (Phi) is 6.85. The van der Waals surface area contributed by atoms with E-state index in [0.29, 0.717) is 29.3 Å². The van der Waals surface area contributed by atoms with Crippen LogP contribution in [0.2, 0.25) is 0 Å². The standard InChI is InChI=1S/C32H53N2O3/c1-5-16-34(17-8-9-18-34)28-20-26-24-11-10-23-19-29(36)27(33-14-6-7-15-33)21-32(23,4)25(24)12-13-31(26,3)30(28)37-22(2)35/h5,23-30,36H,1,6-21H2,2-4H3/q+1/t23-,24+,25-,26-,27-,28-,29-,30-,31-,32-/m0/s1. The lowest BCUT2D eigenvalue weighted by Crippen LogP contribution is -2.60. The minimum atomic E-state index is -0.149. The number of rotatable bonds is 5. The van der Waals surface area contributed by atoms with Gasteiger partial charge in [0.2, 0.25) is 0 Å². The highest BCUT2D eigenvalue weighted by molar-refractivity contribution is 5.66. The number of nitrogens with zero attached hydrogens (tertiary/aromatic N) is 2. The molecule has 2 heterocycles. The SMILES string of the molecule is C=CC[N+]1([C@H]2C[C@H]3[C@@H]4CC[C@H]5C[C@H](O)[C@@H](N6CCCC6)C[C@]5(C)[C@H]4CC[C@]3(C)[C@H]2OC(C)=O)CCCC1. The Labute approximate surface area is 225 Å². The van der Waals surface area contributed by atoms with Crippen molar-refractivity contribution in [2.45, 2.75) is 116 Å². The van der Waals surface area contributed by atoms with Crippen LogP contribution in [0, 0.1) is 34.5 Å². The van der Waals surface area contributed by atoms with Gasteiger partial charge in [-0.2, -0.15) is 0 Å². The third-order valence-electron chi connectivity index (χ3n) is 13.2. The average Bonchev–Trinajstić information content (AvgIpc) is 3.60. The number of hydrogen-bond acceptors (Lipinski definition) is 4. The molecule has 0 aromatic carbocycles. The van der Waals surface area contributed by atoms with E-state index in [9.17, 15) is 9.90 Å². The third-order valence-corrected chi connectivity index (χ3v) is 13.2. The zero-order chi connectivity index (χ0) is 26.0. The van der Waals surface area contributed by atoms with Crippen LogP contribution in [0.3, 0.4) is 0 Å². The van der Waals surface area contributed by atoms with Gasteiger partial charge >= 0.3 is 5.97 Å². The van der Waals surface area contributed by atoms with Gasteiger partial charge in [0.25, 0.3) is 0 Å². The van der Waals surface area contributed by atoms with E-state index in [0.717, 1.165) is 29.3 Å². The van der Waals surface area contributed by atoms with Crippen molar-refractivity contribution < 1.29 is 19.1 Å². The Bertz CT molecular complexity index is 879. The van der Waals surface area contributed by atoms with Crippen LogP contribution in [0.5, 0.6) is 0 Å². The molecule has 4 aliphatic carbocycles. The van der Waals surface area contributed by atoms with Crippen molar-refractivity contribution in [3.63, 3.8) is 0 Å². The Balaban J connectivity index is 1.31. The molecule has 5 nitrogen and oxygen atoms in total. The van der Waals surface area contributed by atoms with E-state index in [1.165, 1.54) is 90.4 Å². The summed E-state index contributed by atoms with van der Waals surface area (Å²) in [7, 11) is 0. The first kappa shape index (κ1) is 26.3. The molecule has 0 radical (unpaired) electrons. The molecule has 0 amide bonds. The Morgan fingerprint density at radius 3 is 2.46 bits per heavy atom. The highest BCUT2D eigenvalue weighted by Crippen LogP contribution is 2.67. The van der Waals surface area contributed by atoms with Crippen LogP contribution in [0.1, 0.15) is 91.4 Å². The number of aliphatic hydroxyl groups excluding tert-OH is 1. The van der Waals surface area contributed by atoms with Crippen molar-refractivity contribution >= 4 is 5.97 Å². The molecule has 5 heteroatoms. The first-order valence-corrected chi connectivity index (χ1v) is 15.8. The van der Waals surface area contributed by atoms with E-state index in [1.807, 2.05) is 0 Å². The molecule has 6 fully saturated rings. The van der Waals surface area contributed by atoms with Crippen molar-refractivity contribution in [3.8, 4) is 0 Å². The molecule has 0 unspecified atom stereocenters. The summed E-state index contributed by atoms with van der Waals surface area (Å²) in [4.78, 5) is 15.1. The summed E-state index contributed by atoms with van der Waals surface area (Å²) < 4.78 is 7.45. The van der Waals surface area contributed by atoms with Crippen LogP contribution < -0.4 is 0 Å². The van der Waals surface area contributed by atoms with Crippen molar-refractivity contribution in [1.29, 1.82) is 0 Å². The van der Waals surface area contributed by atoms with Crippen molar-refractivity contribution in [3.05, 3.63) is 12.7 Å². The third kappa shape index (κ3) is 4.08. The fourth-order valence-corrected chi connectivity index (χ4v) is 11.5. The van der Waals surface area contributed by atoms with E-state index in [2.05, 4.69) is 31.4 Å². The number of ether oxygens (including phenoxy) is 1. The van der Waals surface area contributed by atoms with Crippen LogP contribution in [0.15, 0.2) is 12.7 Å². The van der Waals surface area contributed by atoms with E-state index in [-0.39, 0.29) is 23.6 Å². The van der Waals surface area contributed by atoms with E-state index in [1.54, 1.807) is 6.92 Å². The van der Waals surface area contributed by atoms with Gasteiger partial charge < -0.3 is 14.3 Å². The number of hydrogen-bond donors (Lipinski definition) is 1.